The lowest BCUT2D eigenvalue weighted by Crippen LogP contribution is -2.27. The van der Waals surface area contributed by atoms with Crippen LogP contribution in [0.1, 0.15) is 16.7 Å². The zero-order valence-corrected chi connectivity index (χ0v) is 13.1. The van der Waals surface area contributed by atoms with E-state index in [1.807, 2.05) is 37.3 Å². The van der Waals surface area contributed by atoms with Gasteiger partial charge in [-0.2, -0.15) is 5.26 Å². The summed E-state index contributed by atoms with van der Waals surface area (Å²) in [7, 11) is 0. The van der Waals surface area contributed by atoms with Crippen molar-refractivity contribution in [3.8, 4) is 6.07 Å². The highest BCUT2D eigenvalue weighted by Gasteiger charge is 2.01. The Morgan fingerprint density at radius 2 is 2.10 bits per heavy atom. The SMILES string of the molecule is Cc1ccc(CNC(=S)Nc2cccc(C#N)c2)cc1Cl. The van der Waals surface area contributed by atoms with Crippen molar-refractivity contribution in [3.63, 3.8) is 0 Å². The van der Waals surface area contributed by atoms with E-state index >= 15 is 0 Å². The van der Waals surface area contributed by atoms with Gasteiger partial charge >= 0.3 is 0 Å². The van der Waals surface area contributed by atoms with Crippen molar-refractivity contribution in [3.05, 3.63) is 64.2 Å². The van der Waals surface area contributed by atoms with Crippen molar-refractivity contribution >= 4 is 34.6 Å². The summed E-state index contributed by atoms with van der Waals surface area (Å²) in [5.41, 5.74) is 3.48. The van der Waals surface area contributed by atoms with Crippen molar-refractivity contribution in [2.45, 2.75) is 13.5 Å². The lowest BCUT2D eigenvalue weighted by molar-refractivity contribution is 0.925. The number of nitriles is 1. The van der Waals surface area contributed by atoms with Crippen molar-refractivity contribution in [2.75, 3.05) is 5.32 Å². The molecular weight excluding hydrogens is 302 g/mol. The van der Waals surface area contributed by atoms with Gasteiger partial charge in [-0.1, -0.05) is 29.8 Å². The van der Waals surface area contributed by atoms with Crippen molar-refractivity contribution in [2.24, 2.45) is 0 Å². The zero-order chi connectivity index (χ0) is 15.2. The van der Waals surface area contributed by atoms with Gasteiger partial charge in [0.15, 0.2) is 5.11 Å². The van der Waals surface area contributed by atoms with Gasteiger partial charge in [0, 0.05) is 17.3 Å². The summed E-state index contributed by atoms with van der Waals surface area (Å²) < 4.78 is 0. The number of thiocarbonyl (C=S) groups is 1. The largest absolute Gasteiger partial charge is 0.358 e. The topological polar surface area (TPSA) is 47.8 Å². The monoisotopic (exact) mass is 315 g/mol. The maximum Gasteiger partial charge on any atom is 0.171 e. The van der Waals surface area contributed by atoms with Crippen LogP contribution in [-0.4, -0.2) is 5.11 Å². The average molecular weight is 316 g/mol. The summed E-state index contributed by atoms with van der Waals surface area (Å²) in [4.78, 5) is 0. The van der Waals surface area contributed by atoms with Gasteiger partial charge in [0.1, 0.15) is 0 Å². The van der Waals surface area contributed by atoms with Crippen LogP contribution in [-0.2, 0) is 6.54 Å². The second kappa shape index (κ2) is 7.07. The van der Waals surface area contributed by atoms with Gasteiger partial charge < -0.3 is 10.6 Å². The molecule has 0 unspecified atom stereocenters. The van der Waals surface area contributed by atoms with Crippen LogP contribution in [0.2, 0.25) is 5.02 Å². The third kappa shape index (κ3) is 4.45. The van der Waals surface area contributed by atoms with Crippen LogP contribution in [0.5, 0.6) is 0 Å². The first-order valence-electron chi connectivity index (χ1n) is 6.38. The van der Waals surface area contributed by atoms with Crippen molar-refractivity contribution in [1.29, 1.82) is 5.26 Å². The van der Waals surface area contributed by atoms with Crippen LogP contribution in [0.25, 0.3) is 0 Å². The van der Waals surface area contributed by atoms with E-state index in [1.54, 1.807) is 12.1 Å². The standard InChI is InChI=1S/C16H14ClN3S/c1-11-5-6-13(8-15(11)17)10-19-16(21)20-14-4-2-3-12(7-14)9-18/h2-8H,10H2,1H3,(H2,19,20,21). The van der Waals surface area contributed by atoms with Gasteiger partial charge in [0.2, 0.25) is 0 Å². The number of hydrogen-bond acceptors (Lipinski definition) is 2. The van der Waals surface area contributed by atoms with Gasteiger partial charge in [-0.25, -0.2) is 0 Å². The summed E-state index contributed by atoms with van der Waals surface area (Å²) in [5, 5.41) is 16.3. The minimum Gasteiger partial charge on any atom is -0.358 e. The van der Waals surface area contributed by atoms with Crippen LogP contribution in [0.3, 0.4) is 0 Å². The molecule has 0 aliphatic carbocycles. The Bertz CT molecular complexity index is 707. The summed E-state index contributed by atoms with van der Waals surface area (Å²) in [5.74, 6) is 0. The van der Waals surface area contributed by atoms with Crippen molar-refractivity contribution in [1.82, 2.24) is 5.32 Å². The Kier molecular flexibility index (Phi) is 5.15. The molecule has 2 aromatic rings. The van der Waals surface area contributed by atoms with E-state index in [1.165, 1.54) is 0 Å². The predicted octanol–water partition coefficient (Wildman–Crippen LogP) is 4.01. The predicted molar refractivity (Wildman–Crippen MR) is 90.4 cm³/mol. The van der Waals surface area contributed by atoms with Gasteiger partial charge in [-0.05, 0) is 54.5 Å². The number of nitrogens with zero attached hydrogens (tertiary/aromatic N) is 1. The first-order chi connectivity index (χ1) is 10.1. The van der Waals surface area contributed by atoms with E-state index in [-0.39, 0.29) is 0 Å². The third-order valence-electron chi connectivity index (χ3n) is 2.94. The number of halogens is 1. The number of hydrogen-bond donors (Lipinski definition) is 2. The van der Waals surface area contributed by atoms with Crippen molar-refractivity contribution < 1.29 is 0 Å². The molecule has 0 bridgehead atoms. The molecule has 3 nitrogen and oxygen atoms in total. The Hall–Kier alpha value is -2.09. The maximum absolute atomic E-state index is 8.86. The minimum absolute atomic E-state index is 0.502. The van der Waals surface area contributed by atoms with Crippen LogP contribution < -0.4 is 10.6 Å². The van der Waals surface area contributed by atoms with Crippen LogP contribution in [0.15, 0.2) is 42.5 Å². The quantitative estimate of drug-likeness (QED) is 0.840. The molecule has 0 aromatic heterocycles. The van der Waals surface area contributed by atoms with E-state index in [0.717, 1.165) is 21.8 Å². The van der Waals surface area contributed by atoms with E-state index < -0.39 is 0 Å². The molecule has 5 heteroatoms. The maximum atomic E-state index is 8.86. The Balaban J connectivity index is 1.92. The summed E-state index contributed by atoms with van der Waals surface area (Å²) in [6.07, 6.45) is 0. The highest BCUT2D eigenvalue weighted by atomic mass is 35.5. The molecule has 0 heterocycles. The highest BCUT2D eigenvalue weighted by Crippen LogP contribution is 2.16. The fraction of sp³-hybridized carbons (Fsp3) is 0.125. The Morgan fingerprint density at radius 3 is 2.81 bits per heavy atom. The summed E-state index contributed by atoms with van der Waals surface area (Å²) in [6, 6.07) is 15.2. The molecule has 0 radical (unpaired) electrons. The average Bonchev–Trinajstić information content (AvgIpc) is 2.48. The number of rotatable bonds is 3. The second-order valence-electron chi connectivity index (χ2n) is 4.58. The normalized spacial score (nSPS) is 9.76. The molecule has 0 saturated carbocycles. The number of anilines is 1. The van der Waals surface area contributed by atoms with Gasteiger partial charge in [-0.15, -0.1) is 0 Å². The molecule has 2 rings (SSSR count). The van der Waals surface area contributed by atoms with Crippen LogP contribution in [0.4, 0.5) is 5.69 Å². The fourth-order valence-electron chi connectivity index (χ4n) is 1.77. The van der Waals surface area contributed by atoms with Crippen LogP contribution in [0, 0.1) is 18.3 Å². The van der Waals surface area contributed by atoms with E-state index in [2.05, 4.69) is 16.7 Å². The molecular formula is C16H14ClN3S. The van der Waals surface area contributed by atoms with E-state index in [0.29, 0.717) is 17.2 Å². The number of benzene rings is 2. The van der Waals surface area contributed by atoms with Crippen LogP contribution >= 0.6 is 23.8 Å². The fourth-order valence-corrected chi connectivity index (χ4v) is 2.16. The molecule has 0 spiro atoms. The first-order valence-corrected chi connectivity index (χ1v) is 7.17. The highest BCUT2D eigenvalue weighted by molar-refractivity contribution is 7.80. The molecule has 0 aliphatic rings. The molecule has 21 heavy (non-hydrogen) atoms. The first kappa shape index (κ1) is 15.3. The lowest BCUT2D eigenvalue weighted by Gasteiger charge is -2.11. The van der Waals surface area contributed by atoms with Gasteiger partial charge in [0.25, 0.3) is 0 Å². The van der Waals surface area contributed by atoms with E-state index in [4.69, 9.17) is 29.1 Å². The number of aryl methyl sites for hydroxylation is 1. The molecule has 2 aromatic carbocycles. The van der Waals surface area contributed by atoms with Gasteiger partial charge in [0.05, 0.1) is 11.6 Å². The lowest BCUT2D eigenvalue weighted by atomic mass is 10.1. The molecule has 0 saturated heterocycles. The number of nitrogens with one attached hydrogen (secondary N) is 2. The third-order valence-corrected chi connectivity index (χ3v) is 3.59. The molecule has 106 valence electrons. The Morgan fingerprint density at radius 1 is 1.29 bits per heavy atom. The second-order valence-corrected chi connectivity index (χ2v) is 5.40. The summed E-state index contributed by atoms with van der Waals surface area (Å²) in [6.45, 7) is 2.55. The molecule has 0 aliphatic heterocycles. The molecule has 0 atom stereocenters. The minimum atomic E-state index is 0.502. The zero-order valence-electron chi connectivity index (χ0n) is 11.5. The smallest absolute Gasteiger partial charge is 0.171 e. The van der Waals surface area contributed by atoms with Gasteiger partial charge in [-0.3, -0.25) is 0 Å². The summed E-state index contributed by atoms with van der Waals surface area (Å²) >= 11 is 11.3. The molecule has 2 N–H and O–H groups in total. The molecule has 0 amide bonds. The Labute approximate surface area is 134 Å². The van der Waals surface area contributed by atoms with E-state index in [9.17, 15) is 0 Å². The molecule has 0 fully saturated rings.